The molecule has 0 aliphatic heterocycles. The molecule has 0 heterocycles. The maximum atomic E-state index is 7.06. The second-order valence-electron chi connectivity index (χ2n) is 3.13. The van der Waals surface area contributed by atoms with Crippen molar-refractivity contribution in [1.82, 2.24) is 0 Å². The van der Waals surface area contributed by atoms with Gasteiger partial charge < -0.3 is 10.7 Å². The summed E-state index contributed by atoms with van der Waals surface area (Å²) in [5.41, 5.74) is 3.63. The van der Waals surface area contributed by atoms with Crippen LogP contribution in [0.5, 0.6) is 0 Å². The van der Waals surface area contributed by atoms with Crippen molar-refractivity contribution < 1.29 is 5.32 Å². The number of hydrogen-bond donors (Lipinski definition) is 2. The molecule has 1 aromatic carbocycles. The fourth-order valence-corrected chi connectivity index (χ4v) is 1.42. The molecule has 74 valence electrons. The van der Waals surface area contributed by atoms with E-state index in [9.17, 15) is 0 Å². The summed E-state index contributed by atoms with van der Waals surface area (Å²) < 4.78 is 0. The van der Waals surface area contributed by atoms with Crippen LogP contribution >= 0.6 is 0 Å². The van der Waals surface area contributed by atoms with E-state index in [0.717, 1.165) is 12.1 Å². The molecule has 2 heteroatoms. The van der Waals surface area contributed by atoms with Crippen molar-refractivity contribution in [2.24, 2.45) is 0 Å². The van der Waals surface area contributed by atoms with Crippen molar-refractivity contribution in [2.45, 2.75) is 13.3 Å². The number of nitrogens with one attached hydrogen (secondary N) is 1. The van der Waals surface area contributed by atoms with Crippen LogP contribution in [-0.2, 0) is 6.42 Å². The summed E-state index contributed by atoms with van der Waals surface area (Å²) in [6.07, 6.45) is 4.19. The molecule has 2 nitrogen and oxygen atoms in total. The molecule has 3 N–H and O–H groups in total. The fraction of sp³-hybridized carbons (Fsp3) is 0.250. The lowest BCUT2D eigenvalue weighted by atomic mass is 10.1. The summed E-state index contributed by atoms with van der Waals surface area (Å²) in [7, 11) is 1.99. The second-order valence-corrected chi connectivity index (χ2v) is 3.13. The summed E-state index contributed by atoms with van der Waals surface area (Å²) in [5, 5.41) is 9.09. The molecule has 0 amide bonds. The van der Waals surface area contributed by atoms with Crippen molar-refractivity contribution in [1.29, 1.82) is 5.41 Å². The van der Waals surface area contributed by atoms with Crippen LogP contribution in [0.4, 0.5) is 0 Å². The number of benzene rings is 1. The van der Waals surface area contributed by atoms with Crippen LogP contribution in [-0.4, -0.2) is 13.3 Å². The van der Waals surface area contributed by atoms with Crippen LogP contribution in [0, 0.1) is 5.41 Å². The molecule has 0 radical (unpaired) electrons. The van der Waals surface area contributed by atoms with E-state index in [1.165, 1.54) is 17.3 Å². The fourth-order valence-electron chi connectivity index (χ4n) is 1.42. The molecule has 0 saturated heterocycles. The Morgan fingerprint density at radius 3 is 2.86 bits per heavy atom. The summed E-state index contributed by atoms with van der Waals surface area (Å²) in [6.45, 7) is 2.15. The zero-order chi connectivity index (χ0) is 10.4. The SMILES string of the molecule is CCc1cccc(/C(=C/C=N)[NH2+]C)c1. The topological polar surface area (TPSA) is 40.5 Å². The number of rotatable bonds is 4. The van der Waals surface area contributed by atoms with Crippen molar-refractivity contribution >= 4 is 11.9 Å². The smallest absolute Gasteiger partial charge is 0.138 e. The lowest BCUT2D eigenvalue weighted by Gasteiger charge is -2.03. The zero-order valence-electron chi connectivity index (χ0n) is 8.75. The van der Waals surface area contributed by atoms with Gasteiger partial charge in [-0.1, -0.05) is 19.1 Å². The van der Waals surface area contributed by atoms with Crippen LogP contribution in [0.15, 0.2) is 30.3 Å². The molecule has 0 atom stereocenters. The lowest BCUT2D eigenvalue weighted by Crippen LogP contribution is -2.76. The molecule has 0 aliphatic carbocycles. The van der Waals surface area contributed by atoms with Crippen molar-refractivity contribution in [2.75, 3.05) is 7.05 Å². The Balaban J connectivity index is 3.04. The van der Waals surface area contributed by atoms with E-state index in [1.807, 2.05) is 18.4 Å². The van der Waals surface area contributed by atoms with E-state index in [1.54, 1.807) is 0 Å². The van der Waals surface area contributed by atoms with E-state index in [-0.39, 0.29) is 0 Å². The first-order valence-electron chi connectivity index (χ1n) is 4.91. The monoisotopic (exact) mass is 189 g/mol. The molecule has 0 saturated carbocycles. The number of hydrogen-bond acceptors (Lipinski definition) is 1. The van der Waals surface area contributed by atoms with Crippen LogP contribution in [0.1, 0.15) is 18.1 Å². The Morgan fingerprint density at radius 1 is 1.50 bits per heavy atom. The first kappa shape index (κ1) is 10.7. The second kappa shape index (κ2) is 5.35. The van der Waals surface area contributed by atoms with Crippen LogP contribution in [0.3, 0.4) is 0 Å². The van der Waals surface area contributed by atoms with Gasteiger partial charge in [-0.05, 0) is 24.1 Å². The van der Waals surface area contributed by atoms with Crippen LogP contribution in [0.2, 0.25) is 0 Å². The highest BCUT2D eigenvalue weighted by atomic mass is 14.8. The van der Waals surface area contributed by atoms with Crippen LogP contribution in [0.25, 0.3) is 5.70 Å². The maximum Gasteiger partial charge on any atom is 0.138 e. The summed E-state index contributed by atoms with van der Waals surface area (Å²) in [6, 6.07) is 8.44. The van der Waals surface area contributed by atoms with Gasteiger partial charge in [0.2, 0.25) is 0 Å². The molecular formula is C12H17N2+. The highest BCUT2D eigenvalue weighted by Gasteiger charge is 2.02. The van der Waals surface area contributed by atoms with Crippen LogP contribution < -0.4 is 5.32 Å². The standard InChI is InChI=1S/C12H16N2/c1-3-10-5-4-6-11(9-10)12(14-2)7-8-13/h4-9,13-14H,3H2,1-2H3/p+1/b12-7-,13-8?. The lowest BCUT2D eigenvalue weighted by molar-refractivity contribution is -0.530. The third kappa shape index (κ3) is 2.54. The molecule has 0 aliphatic rings. The molecule has 0 bridgehead atoms. The van der Waals surface area contributed by atoms with Gasteiger partial charge in [-0.2, -0.15) is 0 Å². The number of quaternary nitrogens is 1. The summed E-state index contributed by atoms with van der Waals surface area (Å²) >= 11 is 0. The number of allylic oxidation sites excluding steroid dienone is 1. The summed E-state index contributed by atoms with van der Waals surface area (Å²) in [5.74, 6) is 0. The van der Waals surface area contributed by atoms with Gasteiger partial charge in [-0.25, -0.2) is 0 Å². The highest BCUT2D eigenvalue weighted by molar-refractivity contribution is 5.79. The van der Waals surface area contributed by atoms with E-state index in [0.29, 0.717) is 0 Å². The third-order valence-electron chi connectivity index (χ3n) is 2.24. The third-order valence-corrected chi connectivity index (χ3v) is 2.24. The van der Waals surface area contributed by atoms with Crippen molar-refractivity contribution in [3.05, 3.63) is 41.5 Å². The normalized spacial score (nSPS) is 11.4. The van der Waals surface area contributed by atoms with Gasteiger partial charge in [0.05, 0.1) is 7.05 Å². The predicted molar refractivity (Wildman–Crippen MR) is 60.4 cm³/mol. The Morgan fingerprint density at radius 2 is 2.29 bits per heavy atom. The minimum absolute atomic E-state index is 1.05. The molecule has 0 unspecified atom stereocenters. The van der Waals surface area contributed by atoms with E-state index in [4.69, 9.17) is 5.41 Å². The minimum Gasteiger partial charge on any atom is -0.316 e. The van der Waals surface area contributed by atoms with Gasteiger partial charge in [0.15, 0.2) is 0 Å². The molecule has 0 fully saturated rings. The Labute approximate surface area is 85.2 Å². The maximum absolute atomic E-state index is 7.06. The van der Waals surface area contributed by atoms with Gasteiger partial charge in [0, 0.05) is 17.9 Å². The van der Waals surface area contributed by atoms with Gasteiger partial charge >= 0.3 is 0 Å². The average Bonchev–Trinajstić information content (AvgIpc) is 2.26. The first-order valence-corrected chi connectivity index (χ1v) is 4.91. The van der Waals surface area contributed by atoms with E-state index in [2.05, 4.69) is 31.2 Å². The average molecular weight is 189 g/mol. The quantitative estimate of drug-likeness (QED) is 0.673. The van der Waals surface area contributed by atoms with E-state index >= 15 is 0 Å². The van der Waals surface area contributed by atoms with Gasteiger partial charge in [-0.15, -0.1) is 0 Å². The minimum atomic E-state index is 1.05. The van der Waals surface area contributed by atoms with Gasteiger partial charge in [0.1, 0.15) is 5.70 Å². The summed E-state index contributed by atoms with van der Waals surface area (Å²) in [4.78, 5) is 0. The highest BCUT2D eigenvalue weighted by Crippen LogP contribution is 2.10. The molecule has 1 aromatic rings. The molecular weight excluding hydrogens is 172 g/mol. The number of nitrogens with two attached hydrogens (primary N) is 1. The Bertz CT molecular complexity index is 340. The molecule has 1 rings (SSSR count). The van der Waals surface area contributed by atoms with Crippen molar-refractivity contribution in [3.63, 3.8) is 0 Å². The zero-order valence-corrected chi connectivity index (χ0v) is 8.75. The largest absolute Gasteiger partial charge is 0.316 e. The van der Waals surface area contributed by atoms with Gasteiger partial charge in [-0.3, -0.25) is 0 Å². The Hall–Kier alpha value is -1.41. The number of aryl methyl sites for hydroxylation is 1. The Kier molecular flexibility index (Phi) is 4.08. The first-order chi connectivity index (χ1) is 6.81. The molecule has 0 aromatic heterocycles. The van der Waals surface area contributed by atoms with Gasteiger partial charge in [0.25, 0.3) is 0 Å². The van der Waals surface area contributed by atoms with Crippen molar-refractivity contribution in [3.8, 4) is 0 Å². The molecule has 0 spiro atoms. The molecule has 14 heavy (non-hydrogen) atoms. The van der Waals surface area contributed by atoms with E-state index < -0.39 is 0 Å². The predicted octanol–water partition coefficient (Wildman–Crippen LogP) is 1.43.